The molecule has 12 rings (SSSR count). The largest absolute Gasteiger partial charge is 0.0744 e. The summed E-state index contributed by atoms with van der Waals surface area (Å²) in [5.41, 5.74) is 10.3. The molecule has 2 aliphatic rings. The van der Waals surface area contributed by atoms with Crippen molar-refractivity contribution in [2.24, 2.45) is 5.41 Å². The average molecular weight is 723 g/mol. The number of hydrogen-bond donors (Lipinski definition) is 0. The minimum absolute atomic E-state index is 0.0214. The molecule has 0 nitrogen and oxygen atoms in total. The van der Waals surface area contributed by atoms with Crippen molar-refractivity contribution in [2.45, 2.75) is 13.8 Å². The molecule has 0 amide bonds. The number of fused-ring (bicyclic) bond motifs is 11. The maximum Gasteiger partial charge on any atom is 0.00905 e. The Morgan fingerprint density at radius 3 is 1.58 bits per heavy atom. The molecular formula is C57H38. The van der Waals surface area contributed by atoms with Crippen LogP contribution in [0.5, 0.6) is 0 Å². The van der Waals surface area contributed by atoms with Crippen molar-refractivity contribution in [1.82, 2.24) is 0 Å². The second kappa shape index (κ2) is 12.0. The van der Waals surface area contributed by atoms with Gasteiger partial charge in [0.25, 0.3) is 0 Å². The summed E-state index contributed by atoms with van der Waals surface area (Å²) in [6.45, 7) is 4.68. The number of allylic oxidation sites excluding steroid dienone is 4. The quantitative estimate of drug-likeness (QED) is 0.126. The topological polar surface area (TPSA) is 0 Å². The monoisotopic (exact) mass is 722 g/mol. The van der Waals surface area contributed by atoms with Crippen LogP contribution in [0.3, 0.4) is 0 Å². The van der Waals surface area contributed by atoms with E-state index in [4.69, 9.17) is 0 Å². The molecule has 2 aliphatic carbocycles. The van der Waals surface area contributed by atoms with Crippen molar-refractivity contribution in [1.29, 1.82) is 0 Å². The van der Waals surface area contributed by atoms with Gasteiger partial charge in [-0.25, -0.2) is 0 Å². The molecule has 266 valence electrons. The summed E-state index contributed by atoms with van der Waals surface area (Å²) in [4.78, 5) is 0. The summed E-state index contributed by atoms with van der Waals surface area (Å²) in [6, 6.07) is 63.6. The Balaban J connectivity index is 1.09. The molecule has 0 heterocycles. The van der Waals surface area contributed by atoms with E-state index in [0.29, 0.717) is 0 Å². The number of rotatable bonds is 3. The molecule has 0 aromatic heterocycles. The zero-order chi connectivity index (χ0) is 37.8. The molecule has 10 aromatic rings. The summed E-state index contributed by atoms with van der Waals surface area (Å²) < 4.78 is 0. The minimum atomic E-state index is -0.0214. The molecule has 0 heteroatoms. The molecule has 57 heavy (non-hydrogen) atoms. The molecular weight excluding hydrogens is 685 g/mol. The lowest BCUT2D eigenvalue weighted by atomic mass is 9.77. The van der Waals surface area contributed by atoms with E-state index in [1.54, 1.807) is 0 Å². The Morgan fingerprint density at radius 1 is 0.386 bits per heavy atom. The SMILES string of the molecule is CC1(C)C=CC=C2C=c3cc4c5ccccc5c5cc(-c6c7ccccc7c(-c7ccc(-c8cccc9ccccc89)cc7)c7ccccc67)ccc5c4cc3=C21. The van der Waals surface area contributed by atoms with Crippen LogP contribution in [0, 0.1) is 5.41 Å². The third-order valence-electron chi connectivity index (χ3n) is 12.8. The van der Waals surface area contributed by atoms with Crippen molar-refractivity contribution >= 4 is 76.3 Å². The summed E-state index contributed by atoms with van der Waals surface area (Å²) in [5.74, 6) is 0. The first-order chi connectivity index (χ1) is 28.0. The molecule has 0 saturated heterocycles. The predicted molar refractivity (Wildman–Crippen MR) is 246 cm³/mol. The molecule has 0 unspecified atom stereocenters. The van der Waals surface area contributed by atoms with Gasteiger partial charge < -0.3 is 0 Å². The van der Waals surface area contributed by atoms with E-state index in [1.807, 2.05) is 0 Å². The lowest BCUT2D eigenvalue weighted by Crippen LogP contribution is -2.27. The van der Waals surface area contributed by atoms with E-state index < -0.39 is 0 Å². The van der Waals surface area contributed by atoms with Gasteiger partial charge in [0.05, 0.1) is 0 Å². The predicted octanol–water partition coefficient (Wildman–Crippen LogP) is 14.1. The fourth-order valence-electron chi connectivity index (χ4n) is 10.3. The highest BCUT2D eigenvalue weighted by atomic mass is 14.3. The second-order valence-electron chi connectivity index (χ2n) is 16.5. The van der Waals surface area contributed by atoms with Gasteiger partial charge >= 0.3 is 0 Å². The average Bonchev–Trinajstić information content (AvgIpc) is 3.64. The fraction of sp³-hybridized carbons (Fsp3) is 0.0526. The smallest absolute Gasteiger partial charge is 0.00905 e. The molecule has 10 aromatic carbocycles. The van der Waals surface area contributed by atoms with Crippen LogP contribution in [-0.4, -0.2) is 0 Å². The molecule has 0 N–H and O–H groups in total. The summed E-state index contributed by atoms with van der Waals surface area (Å²) in [7, 11) is 0. The number of hydrogen-bond acceptors (Lipinski definition) is 0. The van der Waals surface area contributed by atoms with Crippen LogP contribution < -0.4 is 10.4 Å². The fourth-order valence-corrected chi connectivity index (χ4v) is 10.3. The second-order valence-corrected chi connectivity index (χ2v) is 16.5. The Hall–Kier alpha value is -7.02. The molecule has 0 radical (unpaired) electrons. The molecule has 0 fully saturated rings. The normalized spacial score (nSPS) is 14.4. The Bertz CT molecular complexity index is 3510. The van der Waals surface area contributed by atoms with Crippen LogP contribution >= 0.6 is 0 Å². The van der Waals surface area contributed by atoms with Gasteiger partial charge in [-0.3, -0.25) is 0 Å². The third kappa shape index (κ3) is 4.74. The molecule has 0 bridgehead atoms. The van der Waals surface area contributed by atoms with Crippen LogP contribution in [0.25, 0.3) is 110 Å². The van der Waals surface area contributed by atoms with Crippen LogP contribution in [0.15, 0.2) is 194 Å². The van der Waals surface area contributed by atoms with E-state index in [-0.39, 0.29) is 5.41 Å². The molecule has 0 atom stereocenters. The van der Waals surface area contributed by atoms with E-state index in [2.05, 4.69) is 208 Å². The standard InChI is InChI=1S/C57H38/c1-57(2)30-12-15-39-31-40-33-52-44-18-6-5-17-43(44)51-32-38(28-29-45(51)53(52)34-50(40)56(39)57)55-48-21-9-7-19-46(48)54(47-20-8-10-22-49(47)55)37-26-24-36(25-27-37)42-23-11-14-35-13-3-4-16-41(35)42/h3-34H,1-2H3. The zero-order valence-electron chi connectivity index (χ0n) is 32.0. The maximum absolute atomic E-state index is 2.48. The van der Waals surface area contributed by atoms with Crippen molar-refractivity contribution in [2.75, 3.05) is 0 Å². The van der Waals surface area contributed by atoms with Gasteiger partial charge in [0.2, 0.25) is 0 Å². The summed E-state index contributed by atoms with van der Waals surface area (Å²) in [5, 5.41) is 18.1. The van der Waals surface area contributed by atoms with Crippen LogP contribution in [0.4, 0.5) is 0 Å². The van der Waals surface area contributed by atoms with Crippen molar-refractivity contribution < 1.29 is 0 Å². The summed E-state index contributed by atoms with van der Waals surface area (Å²) >= 11 is 0. The lowest BCUT2D eigenvalue weighted by Gasteiger charge is -2.26. The highest BCUT2D eigenvalue weighted by Crippen LogP contribution is 2.46. The first kappa shape index (κ1) is 32.2. The van der Waals surface area contributed by atoms with E-state index >= 15 is 0 Å². The van der Waals surface area contributed by atoms with Crippen LogP contribution in [0.1, 0.15) is 13.8 Å². The van der Waals surface area contributed by atoms with Crippen molar-refractivity contribution in [3.63, 3.8) is 0 Å². The van der Waals surface area contributed by atoms with Gasteiger partial charge in [-0.05, 0) is 144 Å². The van der Waals surface area contributed by atoms with Crippen molar-refractivity contribution in [3.05, 3.63) is 204 Å². The van der Waals surface area contributed by atoms with E-state index in [9.17, 15) is 0 Å². The van der Waals surface area contributed by atoms with Crippen LogP contribution in [-0.2, 0) is 0 Å². The first-order valence-corrected chi connectivity index (χ1v) is 20.1. The van der Waals surface area contributed by atoms with Gasteiger partial charge in [0, 0.05) is 5.41 Å². The first-order valence-electron chi connectivity index (χ1n) is 20.1. The van der Waals surface area contributed by atoms with Crippen molar-refractivity contribution in [3.8, 4) is 33.4 Å². The molecule has 0 aliphatic heterocycles. The number of benzene rings is 10. The third-order valence-corrected chi connectivity index (χ3v) is 12.8. The van der Waals surface area contributed by atoms with E-state index in [0.717, 1.165) is 0 Å². The van der Waals surface area contributed by atoms with Crippen LogP contribution in [0.2, 0.25) is 0 Å². The highest BCUT2D eigenvalue weighted by Gasteiger charge is 2.28. The highest BCUT2D eigenvalue weighted by molar-refractivity contribution is 6.27. The summed E-state index contributed by atoms with van der Waals surface area (Å²) in [6.07, 6.45) is 9.22. The van der Waals surface area contributed by atoms with Gasteiger partial charge in [-0.1, -0.05) is 184 Å². The maximum atomic E-state index is 2.48. The Labute approximate surface area is 331 Å². The van der Waals surface area contributed by atoms with E-state index in [1.165, 1.54) is 120 Å². The molecule has 0 saturated carbocycles. The van der Waals surface area contributed by atoms with Gasteiger partial charge in [0.1, 0.15) is 0 Å². The Kier molecular flexibility index (Phi) is 6.78. The zero-order valence-corrected chi connectivity index (χ0v) is 32.0. The van der Waals surface area contributed by atoms with Gasteiger partial charge in [-0.15, -0.1) is 0 Å². The minimum Gasteiger partial charge on any atom is -0.0744 e. The lowest BCUT2D eigenvalue weighted by molar-refractivity contribution is 0.644. The Morgan fingerprint density at radius 2 is 0.895 bits per heavy atom. The van der Waals surface area contributed by atoms with Gasteiger partial charge in [-0.2, -0.15) is 0 Å². The van der Waals surface area contributed by atoms with Gasteiger partial charge in [0.15, 0.2) is 0 Å². The molecule has 0 spiro atoms.